The van der Waals surface area contributed by atoms with E-state index < -0.39 is 0 Å². The van der Waals surface area contributed by atoms with Gasteiger partial charge in [0.2, 0.25) is 0 Å². The van der Waals surface area contributed by atoms with Crippen LogP contribution in [0.5, 0.6) is 0 Å². The highest BCUT2D eigenvalue weighted by Crippen LogP contribution is 2.27. The standard InChI is InChI=1S/C22H23BrN2OS/c1-4-7-19-20(16-12-10-15(3)11-13-16)25(5-2)22(27-19)24-21(26)17-8-6-9-18(23)14-17/h6,8-14H,4-5,7H2,1-3H3. The third-order valence-corrected chi connectivity index (χ3v) is 6.00. The zero-order chi connectivity index (χ0) is 19.4. The molecule has 0 aliphatic rings. The van der Waals surface area contributed by atoms with Gasteiger partial charge in [-0.25, -0.2) is 0 Å². The molecular weight excluding hydrogens is 420 g/mol. The number of carbonyl (C=O) groups is 1. The molecule has 1 amide bonds. The third-order valence-electron chi connectivity index (χ3n) is 4.37. The molecule has 0 aliphatic carbocycles. The summed E-state index contributed by atoms with van der Waals surface area (Å²) in [6.45, 7) is 7.14. The minimum absolute atomic E-state index is 0.210. The van der Waals surface area contributed by atoms with Gasteiger partial charge in [0.25, 0.3) is 5.91 Å². The first kappa shape index (κ1) is 19.8. The number of hydrogen-bond acceptors (Lipinski definition) is 2. The summed E-state index contributed by atoms with van der Waals surface area (Å²) < 4.78 is 3.04. The second-order valence-corrected chi connectivity index (χ2v) is 8.42. The maximum absolute atomic E-state index is 12.7. The van der Waals surface area contributed by atoms with Gasteiger partial charge in [0.15, 0.2) is 4.80 Å². The molecule has 0 saturated carbocycles. The second-order valence-electron chi connectivity index (χ2n) is 6.44. The van der Waals surface area contributed by atoms with Crippen LogP contribution in [0, 0.1) is 6.92 Å². The Kier molecular flexibility index (Phi) is 6.45. The Morgan fingerprint density at radius 3 is 2.52 bits per heavy atom. The molecule has 0 saturated heterocycles. The molecule has 27 heavy (non-hydrogen) atoms. The van der Waals surface area contributed by atoms with Crippen LogP contribution in [0.2, 0.25) is 0 Å². The molecule has 0 unspecified atom stereocenters. The molecule has 0 fully saturated rings. The Hall–Kier alpha value is -1.98. The molecule has 0 spiro atoms. The third kappa shape index (κ3) is 4.47. The van der Waals surface area contributed by atoms with Crippen molar-refractivity contribution in [3.63, 3.8) is 0 Å². The number of amides is 1. The summed E-state index contributed by atoms with van der Waals surface area (Å²) in [5.74, 6) is -0.210. The van der Waals surface area contributed by atoms with E-state index in [0.717, 1.165) is 28.7 Å². The first-order chi connectivity index (χ1) is 13.0. The lowest BCUT2D eigenvalue weighted by Gasteiger charge is -2.09. The van der Waals surface area contributed by atoms with E-state index in [1.54, 1.807) is 17.4 Å². The van der Waals surface area contributed by atoms with Gasteiger partial charge in [0.05, 0.1) is 5.69 Å². The van der Waals surface area contributed by atoms with Crippen molar-refractivity contribution in [2.24, 2.45) is 4.99 Å². The van der Waals surface area contributed by atoms with Crippen LogP contribution in [0.25, 0.3) is 11.3 Å². The number of aromatic nitrogens is 1. The topological polar surface area (TPSA) is 34.4 Å². The predicted octanol–water partition coefficient (Wildman–Crippen LogP) is 6.00. The zero-order valence-electron chi connectivity index (χ0n) is 15.8. The molecule has 1 heterocycles. The van der Waals surface area contributed by atoms with Gasteiger partial charge >= 0.3 is 0 Å². The van der Waals surface area contributed by atoms with Gasteiger partial charge in [0, 0.05) is 21.5 Å². The molecule has 2 aromatic carbocycles. The van der Waals surface area contributed by atoms with Gasteiger partial charge in [-0.05, 0) is 44.0 Å². The summed E-state index contributed by atoms with van der Waals surface area (Å²) in [6, 6.07) is 15.9. The maximum atomic E-state index is 12.7. The summed E-state index contributed by atoms with van der Waals surface area (Å²) in [5, 5.41) is 0. The summed E-state index contributed by atoms with van der Waals surface area (Å²) in [5.41, 5.74) is 4.20. The molecule has 5 heteroatoms. The van der Waals surface area contributed by atoms with E-state index in [9.17, 15) is 4.79 Å². The quantitative estimate of drug-likeness (QED) is 0.476. The molecule has 0 radical (unpaired) electrons. The van der Waals surface area contributed by atoms with Crippen molar-refractivity contribution in [3.8, 4) is 11.3 Å². The molecule has 3 rings (SSSR count). The first-order valence-corrected chi connectivity index (χ1v) is 10.8. The number of halogens is 1. The fourth-order valence-electron chi connectivity index (χ4n) is 3.03. The highest BCUT2D eigenvalue weighted by atomic mass is 79.9. The van der Waals surface area contributed by atoms with Crippen LogP contribution in [0.3, 0.4) is 0 Å². The van der Waals surface area contributed by atoms with Crippen LogP contribution < -0.4 is 4.80 Å². The highest BCUT2D eigenvalue weighted by Gasteiger charge is 2.15. The highest BCUT2D eigenvalue weighted by molar-refractivity contribution is 9.10. The monoisotopic (exact) mass is 442 g/mol. The molecule has 0 bridgehead atoms. The van der Waals surface area contributed by atoms with Crippen molar-refractivity contribution >= 4 is 33.2 Å². The van der Waals surface area contributed by atoms with Gasteiger partial charge in [-0.15, -0.1) is 11.3 Å². The van der Waals surface area contributed by atoms with Crippen LogP contribution in [-0.2, 0) is 13.0 Å². The summed E-state index contributed by atoms with van der Waals surface area (Å²) in [7, 11) is 0. The summed E-state index contributed by atoms with van der Waals surface area (Å²) >= 11 is 5.05. The first-order valence-electron chi connectivity index (χ1n) is 9.17. The lowest BCUT2D eigenvalue weighted by molar-refractivity contribution is 0.0997. The van der Waals surface area contributed by atoms with Crippen molar-refractivity contribution in [3.05, 3.63) is 73.8 Å². The number of nitrogens with zero attached hydrogens (tertiary/aromatic N) is 2. The van der Waals surface area contributed by atoms with E-state index >= 15 is 0 Å². The zero-order valence-corrected chi connectivity index (χ0v) is 18.2. The minimum atomic E-state index is -0.210. The smallest absolute Gasteiger partial charge is 0.279 e. The van der Waals surface area contributed by atoms with E-state index in [-0.39, 0.29) is 5.91 Å². The summed E-state index contributed by atoms with van der Waals surface area (Å²) in [4.78, 5) is 19.2. The number of aryl methyl sites for hydroxylation is 2. The molecule has 3 aromatic rings. The Balaban J connectivity index is 2.14. The Labute approximate surface area is 172 Å². The van der Waals surface area contributed by atoms with Gasteiger partial charge < -0.3 is 4.57 Å². The number of carbonyl (C=O) groups excluding carboxylic acids is 1. The van der Waals surface area contributed by atoms with E-state index in [2.05, 4.69) is 70.5 Å². The number of rotatable bonds is 5. The average Bonchev–Trinajstić information content (AvgIpc) is 2.99. The number of hydrogen-bond donors (Lipinski definition) is 0. The largest absolute Gasteiger partial charge is 0.316 e. The van der Waals surface area contributed by atoms with Crippen molar-refractivity contribution < 1.29 is 4.79 Å². The number of thiazole rings is 1. The molecule has 3 nitrogen and oxygen atoms in total. The van der Waals surface area contributed by atoms with Gasteiger partial charge in [-0.3, -0.25) is 4.79 Å². The van der Waals surface area contributed by atoms with Crippen molar-refractivity contribution in [1.82, 2.24) is 4.57 Å². The van der Waals surface area contributed by atoms with Gasteiger partial charge in [-0.2, -0.15) is 4.99 Å². The van der Waals surface area contributed by atoms with Crippen molar-refractivity contribution in [1.29, 1.82) is 0 Å². The minimum Gasteiger partial charge on any atom is -0.316 e. The van der Waals surface area contributed by atoms with Crippen LogP contribution >= 0.6 is 27.3 Å². The van der Waals surface area contributed by atoms with E-state index in [1.807, 2.05) is 18.2 Å². The maximum Gasteiger partial charge on any atom is 0.279 e. The normalized spacial score (nSPS) is 11.8. The van der Waals surface area contributed by atoms with Crippen LogP contribution in [-0.4, -0.2) is 10.5 Å². The van der Waals surface area contributed by atoms with Crippen molar-refractivity contribution in [2.75, 3.05) is 0 Å². The van der Waals surface area contributed by atoms with Gasteiger partial charge in [-0.1, -0.05) is 65.2 Å². The van der Waals surface area contributed by atoms with Crippen LogP contribution in [0.1, 0.15) is 41.1 Å². The van der Waals surface area contributed by atoms with Gasteiger partial charge in [0.1, 0.15) is 0 Å². The lowest BCUT2D eigenvalue weighted by Crippen LogP contribution is -2.17. The Morgan fingerprint density at radius 1 is 1.15 bits per heavy atom. The Morgan fingerprint density at radius 2 is 1.89 bits per heavy atom. The van der Waals surface area contributed by atoms with E-state index in [1.165, 1.54) is 21.7 Å². The fourth-order valence-corrected chi connectivity index (χ4v) is 4.74. The SMILES string of the molecule is CCCc1sc(=NC(=O)c2cccc(Br)c2)n(CC)c1-c1ccc(C)cc1. The molecule has 0 atom stereocenters. The average molecular weight is 443 g/mol. The molecule has 140 valence electrons. The van der Waals surface area contributed by atoms with E-state index in [0.29, 0.717) is 5.56 Å². The van der Waals surface area contributed by atoms with Crippen LogP contribution in [0.15, 0.2) is 58.0 Å². The lowest BCUT2D eigenvalue weighted by atomic mass is 10.1. The Bertz CT molecular complexity index is 1020. The molecule has 0 N–H and O–H groups in total. The van der Waals surface area contributed by atoms with Crippen LogP contribution in [0.4, 0.5) is 0 Å². The van der Waals surface area contributed by atoms with E-state index in [4.69, 9.17) is 0 Å². The molecule has 1 aromatic heterocycles. The predicted molar refractivity (Wildman–Crippen MR) is 116 cm³/mol. The molecular formula is C22H23BrN2OS. The fraction of sp³-hybridized carbons (Fsp3) is 0.273. The van der Waals surface area contributed by atoms with Crippen molar-refractivity contribution in [2.45, 2.75) is 40.2 Å². The number of benzene rings is 2. The second kappa shape index (κ2) is 8.81. The molecule has 0 aliphatic heterocycles. The summed E-state index contributed by atoms with van der Waals surface area (Å²) in [6.07, 6.45) is 2.04.